The molecule has 0 aromatic heterocycles. The summed E-state index contributed by atoms with van der Waals surface area (Å²) < 4.78 is 39.5. The van der Waals surface area contributed by atoms with Crippen LogP contribution in [0.3, 0.4) is 0 Å². The van der Waals surface area contributed by atoms with E-state index in [9.17, 15) is 22.7 Å². The number of carboxylic acid groups (broad SMARTS) is 1. The Morgan fingerprint density at radius 2 is 2.10 bits per heavy atom. The molecule has 1 aliphatic heterocycles. The highest BCUT2D eigenvalue weighted by Crippen LogP contribution is 2.26. The zero-order chi connectivity index (χ0) is 15.1. The fourth-order valence-corrected chi connectivity index (χ4v) is 3.87. The Bertz CT molecular complexity index is 658. The van der Waals surface area contributed by atoms with E-state index in [-0.39, 0.29) is 23.5 Å². The van der Waals surface area contributed by atoms with Crippen LogP contribution in [0.4, 0.5) is 4.39 Å². The van der Waals surface area contributed by atoms with E-state index in [1.807, 2.05) is 0 Å². The zero-order valence-corrected chi connectivity index (χ0v) is 11.5. The predicted molar refractivity (Wildman–Crippen MR) is 67.5 cm³/mol. The van der Waals surface area contributed by atoms with E-state index in [1.54, 1.807) is 0 Å². The van der Waals surface area contributed by atoms with Crippen LogP contribution < -0.4 is 0 Å². The Labute approximate surface area is 115 Å². The molecule has 6 nitrogen and oxygen atoms in total. The molecule has 0 amide bonds. The molecular formula is C12H14FNO5S. The normalized spacial score (nSPS) is 20.2. The quantitative estimate of drug-likeness (QED) is 0.852. The van der Waals surface area contributed by atoms with E-state index in [4.69, 9.17) is 5.11 Å². The maximum atomic E-state index is 13.7. The van der Waals surface area contributed by atoms with E-state index in [2.05, 4.69) is 0 Å². The van der Waals surface area contributed by atoms with Crippen molar-refractivity contribution in [2.75, 3.05) is 13.1 Å². The van der Waals surface area contributed by atoms with Gasteiger partial charge in [-0.1, -0.05) is 0 Å². The Kier molecular flexibility index (Phi) is 3.81. The first-order valence-corrected chi connectivity index (χ1v) is 7.39. The highest BCUT2D eigenvalue weighted by atomic mass is 32.2. The van der Waals surface area contributed by atoms with Crippen molar-refractivity contribution in [1.82, 2.24) is 4.31 Å². The minimum absolute atomic E-state index is 0.0688. The lowest BCUT2D eigenvalue weighted by Crippen LogP contribution is -2.30. The molecule has 2 N–H and O–H groups in total. The molecule has 20 heavy (non-hydrogen) atoms. The average Bonchev–Trinajstić information content (AvgIpc) is 2.79. The van der Waals surface area contributed by atoms with Crippen molar-refractivity contribution in [2.45, 2.75) is 24.3 Å². The number of sulfonamides is 1. The van der Waals surface area contributed by atoms with Gasteiger partial charge in [-0.15, -0.1) is 0 Å². The molecule has 0 bridgehead atoms. The van der Waals surface area contributed by atoms with E-state index < -0.39 is 33.5 Å². The van der Waals surface area contributed by atoms with E-state index in [0.717, 1.165) is 16.4 Å². The molecule has 1 aromatic carbocycles. The SMILES string of the molecule is Cc1c(F)cc(C(=O)O)cc1S(=O)(=O)N1CC[C@H](O)C1. The number of rotatable bonds is 3. The van der Waals surface area contributed by atoms with Gasteiger partial charge in [-0.3, -0.25) is 0 Å². The van der Waals surface area contributed by atoms with Gasteiger partial charge in [0.25, 0.3) is 0 Å². The molecule has 1 heterocycles. The molecule has 1 fully saturated rings. The summed E-state index contributed by atoms with van der Waals surface area (Å²) in [5, 5.41) is 18.3. The molecule has 2 rings (SSSR count). The first kappa shape index (κ1) is 14.9. The molecular weight excluding hydrogens is 289 g/mol. The zero-order valence-electron chi connectivity index (χ0n) is 10.7. The molecule has 0 unspecified atom stereocenters. The standard InChI is InChI=1S/C12H14FNO5S/c1-7-10(13)4-8(12(16)17)5-11(7)20(18,19)14-3-2-9(15)6-14/h4-5,9,15H,2-3,6H2,1H3,(H,16,17)/t9-/m0/s1. The van der Waals surface area contributed by atoms with Gasteiger partial charge in [0, 0.05) is 18.7 Å². The number of hydrogen-bond donors (Lipinski definition) is 2. The fourth-order valence-electron chi connectivity index (χ4n) is 2.11. The van der Waals surface area contributed by atoms with Crippen LogP contribution in [0.1, 0.15) is 22.3 Å². The summed E-state index contributed by atoms with van der Waals surface area (Å²) in [6.45, 7) is 1.34. The van der Waals surface area contributed by atoms with Gasteiger partial charge in [0.05, 0.1) is 16.6 Å². The summed E-state index contributed by atoms with van der Waals surface area (Å²) in [6.07, 6.45) is -0.447. The van der Waals surface area contributed by atoms with E-state index >= 15 is 0 Å². The Hall–Kier alpha value is -1.51. The second-order valence-corrected chi connectivity index (χ2v) is 6.60. The number of aliphatic hydroxyl groups excluding tert-OH is 1. The Morgan fingerprint density at radius 3 is 2.60 bits per heavy atom. The van der Waals surface area contributed by atoms with Gasteiger partial charge in [-0.05, 0) is 25.5 Å². The third-order valence-corrected chi connectivity index (χ3v) is 5.28. The largest absolute Gasteiger partial charge is 0.478 e. The van der Waals surface area contributed by atoms with Crippen LogP contribution in [0.25, 0.3) is 0 Å². The number of benzene rings is 1. The van der Waals surface area contributed by atoms with Crippen molar-refractivity contribution < 1.29 is 27.8 Å². The highest BCUT2D eigenvalue weighted by molar-refractivity contribution is 7.89. The van der Waals surface area contributed by atoms with Crippen LogP contribution in [0.2, 0.25) is 0 Å². The third kappa shape index (κ3) is 2.54. The smallest absolute Gasteiger partial charge is 0.335 e. The predicted octanol–water partition coefficient (Wildman–Crippen LogP) is 0.588. The molecule has 1 aliphatic rings. The average molecular weight is 303 g/mol. The number of halogens is 1. The van der Waals surface area contributed by atoms with Crippen molar-refractivity contribution in [1.29, 1.82) is 0 Å². The molecule has 1 atom stereocenters. The first-order valence-electron chi connectivity index (χ1n) is 5.95. The molecule has 0 aliphatic carbocycles. The first-order chi connectivity index (χ1) is 9.23. The van der Waals surface area contributed by atoms with Crippen LogP contribution in [0, 0.1) is 12.7 Å². The molecule has 0 saturated carbocycles. The van der Waals surface area contributed by atoms with Crippen molar-refractivity contribution in [3.8, 4) is 0 Å². The summed E-state index contributed by atoms with van der Waals surface area (Å²) in [5.41, 5.74) is -0.553. The number of carbonyl (C=O) groups is 1. The van der Waals surface area contributed by atoms with Gasteiger partial charge in [0.2, 0.25) is 10.0 Å². The number of β-amino-alcohol motifs (C(OH)–C–C–N with tert-alkyl or cyclic N) is 1. The van der Waals surface area contributed by atoms with Crippen LogP contribution in [-0.2, 0) is 10.0 Å². The second kappa shape index (κ2) is 5.12. The monoisotopic (exact) mass is 303 g/mol. The Balaban J connectivity index is 2.54. The molecule has 110 valence electrons. The number of nitrogens with zero attached hydrogens (tertiary/aromatic N) is 1. The van der Waals surface area contributed by atoms with Crippen molar-refractivity contribution >= 4 is 16.0 Å². The molecule has 8 heteroatoms. The molecule has 0 radical (unpaired) electrons. The van der Waals surface area contributed by atoms with Crippen molar-refractivity contribution in [3.63, 3.8) is 0 Å². The highest BCUT2D eigenvalue weighted by Gasteiger charge is 2.33. The topological polar surface area (TPSA) is 94.9 Å². The fraction of sp³-hybridized carbons (Fsp3) is 0.417. The van der Waals surface area contributed by atoms with Gasteiger partial charge < -0.3 is 10.2 Å². The van der Waals surface area contributed by atoms with Crippen molar-refractivity contribution in [3.05, 3.63) is 29.1 Å². The van der Waals surface area contributed by atoms with Gasteiger partial charge in [-0.2, -0.15) is 4.31 Å². The van der Waals surface area contributed by atoms with Gasteiger partial charge in [0.1, 0.15) is 5.82 Å². The summed E-state index contributed by atoms with van der Waals surface area (Å²) in [5.74, 6) is -2.29. The number of carboxylic acids is 1. The maximum Gasteiger partial charge on any atom is 0.335 e. The van der Waals surface area contributed by atoms with Gasteiger partial charge in [-0.25, -0.2) is 17.6 Å². The van der Waals surface area contributed by atoms with Gasteiger partial charge in [0.15, 0.2) is 0 Å². The third-order valence-electron chi connectivity index (χ3n) is 3.29. The van der Waals surface area contributed by atoms with Crippen LogP contribution in [-0.4, -0.2) is 48.1 Å². The lowest BCUT2D eigenvalue weighted by Gasteiger charge is -2.18. The Morgan fingerprint density at radius 1 is 1.45 bits per heavy atom. The minimum atomic E-state index is -4.01. The van der Waals surface area contributed by atoms with Crippen LogP contribution in [0.5, 0.6) is 0 Å². The summed E-state index contributed by atoms with van der Waals surface area (Å²) in [6, 6.07) is 1.73. The molecule has 1 aromatic rings. The number of hydrogen-bond acceptors (Lipinski definition) is 4. The summed E-state index contributed by atoms with van der Waals surface area (Å²) in [4.78, 5) is 10.5. The summed E-state index contributed by atoms with van der Waals surface area (Å²) >= 11 is 0. The number of aliphatic hydroxyl groups is 1. The second-order valence-electron chi connectivity index (χ2n) is 4.69. The molecule has 0 spiro atoms. The van der Waals surface area contributed by atoms with Crippen LogP contribution >= 0.6 is 0 Å². The number of aromatic carboxylic acids is 1. The minimum Gasteiger partial charge on any atom is -0.478 e. The summed E-state index contributed by atoms with van der Waals surface area (Å²) in [7, 11) is -4.01. The van der Waals surface area contributed by atoms with Crippen LogP contribution in [0.15, 0.2) is 17.0 Å². The molecule has 1 saturated heterocycles. The van der Waals surface area contributed by atoms with Gasteiger partial charge >= 0.3 is 5.97 Å². The maximum absolute atomic E-state index is 13.7. The van der Waals surface area contributed by atoms with Crippen molar-refractivity contribution in [2.24, 2.45) is 0 Å². The lowest BCUT2D eigenvalue weighted by molar-refractivity contribution is 0.0696. The lowest BCUT2D eigenvalue weighted by atomic mass is 10.1. The van der Waals surface area contributed by atoms with E-state index in [1.165, 1.54) is 6.92 Å². The van der Waals surface area contributed by atoms with E-state index in [0.29, 0.717) is 6.42 Å².